The van der Waals surface area contributed by atoms with E-state index in [0.717, 1.165) is 56.6 Å². The van der Waals surface area contributed by atoms with Gasteiger partial charge in [0.25, 0.3) is 5.91 Å². The normalized spacial score (nSPS) is 20.6. The van der Waals surface area contributed by atoms with Crippen LogP contribution >= 0.6 is 11.6 Å². The highest BCUT2D eigenvalue weighted by Gasteiger charge is 2.43. The molecule has 6 rings (SSSR count). The summed E-state index contributed by atoms with van der Waals surface area (Å²) in [4.78, 5) is 22.3. The molecule has 2 aromatic carbocycles. The van der Waals surface area contributed by atoms with E-state index in [1.54, 1.807) is 18.2 Å². The van der Waals surface area contributed by atoms with Crippen LogP contribution in [0.5, 0.6) is 0 Å². The van der Waals surface area contributed by atoms with Gasteiger partial charge in [-0.25, -0.2) is 13.1 Å². The van der Waals surface area contributed by atoms with E-state index in [1.165, 1.54) is 11.8 Å². The van der Waals surface area contributed by atoms with Crippen molar-refractivity contribution < 1.29 is 13.2 Å². The van der Waals surface area contributed by atoms with E-state index in [2.05, 4.69) is 26.7 Å². The molecule has 1 spiro atoms. The highest BCUT2D eigenvalue weighted by atomic mass is 35.5. The van der Waals surface area contributed by atoms with Crippen LogP contribution in [0.15, 0.2) is 71.9 Å². The Bertz CT molecular complexity index is 1460. The molecule has 2 fully saturated rings. The van der Waals surface area contributed by atoms with E-state index in [4.69, 9.17) is 11.6 Å². The van der Waals surface area contributed by atoms with Crippen LogP contribution in [0.4, 0.5) is 5.69 Å². The number of aromatic nitrogens is 1. The maximum Gasteiger partial charge on any atom is 0.254 e. The van der Waals surface area contributed by atoms with Gasteiger partial charge in [-0.3, -0.25) is 9.78 Å². The van der Waals surface area contributed by atoms with Crippen molar-refractivity contribution in [2.75, 3.05) is 31.1 Å². The number of amides is 1. The second-order valence-electron chi connectivity index (χ2n) is 10.7. The lowest BCUT2D eigenvalue weighted by atomic mass is 9.77. The first-order valence-corrected chi connectivity index (χ1v) is 15.0. The summed E-state index contributed by atoms with van der Waals surface area (Å²) in [6, 6.07) is 15.9. The minimum Gasteiger partial charge on any atom is -0.371 e. The van der Waals surface area contributed by atoms with E-state index in [1.807, 2.05) is 35.5 Å². The molecule has 1 N–H and O–H groups in total. The van der Waals surface area contributed by atoms with Crippen LogP contribution in [-0.2, 0) is 16.4 Å². The van der Waals surface area contributed by atoms with E-state index < -0.39 is 10.0 Å². The summed E-state index contributed by atoms with van der Waals surface area (Å²) in [6.45, 7) is 3.52. The largest absolute Gasteiger partial charge is 0.371 e. The first-order chi connectivity index (χ1) is 18.4. The molecule has 1 aliphatic carbocycles. The average molecular weight is 551 g/mol. The Balaban J connectivity index is 1.15. The molecule has 3 heterocycles. The van der Waals surface area contributed by atoms with E-state index in [9.17, 15) is 13.2 Å². The molecule has 1 amide bonds. The summed E-state index contributed by atoms with van der Waals surface area (Å²) in [7, 11) is -3.79. The van der Waals surface area contributed by atoms with Crippen LogP contribution in [0, 0.1) is 5.41 Å². The number of fused-ring (bicyclic) bond motifs is 1. The molecule has 0 bridgehead atoms. The molecule has 7 nitrogen and oxygen atoms in total. The molecule has 2 saturated heterocycles. The predicted molar refractivity (Wildman–Crippen MR) is 148 cm³/mol. The number of hydrogen-bond donors (Lipinski definition) is 1. The Morgan fingerprint density at radius 1 is 0.974 bits per heavy atom. The van der Waals surface area contributed by atoms with Crippen LogP contribution in [0.25, 0.3) is 0 Å². The Kier molecular flexibility index (Phi) is 6.66. The summed E-state index contributed by atoms with van der Waals surface area (Å²) in [5, 5.41) is 0.191. The lowest BCUT2D eigenvalue weighted by Crippen LogP contribution is -2.42. The molecule has 3 aromatic rings. The second-order valence-corrected chi connectivity index (χ2v) is 12.8. The molecule has 0 radical (unpaired) electrons. The number of rotatable bonds is 5. The summed E-state index contributed by atoms with van der Waals surface area (Å²) in [5.74, 6) is 0.0601. The SMILES string of the molecule is O=C(c1cccc2c1CCC2NS(=O)(=O)c1ccccc1Cl)N1CCC2(CCN(c3ccncc3)CC2)C1. The number of likely N-dealkylation sites (tertiary alicyclic amines) is 1. The highest BCUT2D eigenvalue weighted by Crippen LogP contribution is 2.42. The monoisotopic (exact) mass is 550 g/mol. The third-order valence-electron chi connectivity index (χ3n) is 8.50. The number of nitrogens with zero attached hydrogens (tertiary/aromatic N) is 3. The molecule has 1 unspecified atom stereocenters. The topological polar surface area (TPSA) is 82.6 Å². The smallest absolute Gasteiger partial charge is 0.254 e. The van der Waals surface area contributed by atoms with Crippen molar-refractivity contribution in [1.82, 2.24) is 14.6 Å². The minimum atomic E-state index is -3.79. The van der Waals surface area contributed by atoms with Crippen LogP contribution in [-0.4, -0.2) is 50.4 Å². The third-order valence-corrected chi connectivity index (χ3v) is 10.5. The number of piperidine rings is 1. The Morgan fingerprint density at radius 3 is 2.47 bits per heavy atom. The number of carbonyl (C=O) groups is 1. The van der Waals surface area contributed by atoms with Gasteiger partial charge in [-0.1, -0.05) is 35.9 Å². The lowest BCUT2D eigenvalue weighted by Gasteiger charge is -2.40. The molecule has 3 aliphatic rings. The fraction of sp³-hybridized carbons (Fsp3) is 0.379. The zero-order chi connectivity index (χ0) is 26.3. The Hall–Kier alpha value is -2.94. The van der Waals surface area contributed by atoms with Crippen LogP contribution in [0.3, 0.4) is 0 Å². The van der Waals surface area contributed by atoms with Crippen molar-refractivity contribution >= 4 is 33.2 Å². The van der Waals surface area contributed by atoms with Crippen molar-refractivity contribution in [2.24, 2.45) is 5.41 Å². The van der Waals surface area contributed by atoms with Crippen LogP contribution in [0.2, 0.25) is 5.02 Å². The van der Waals surface area contributed by atoms with Gasteiger partial charge in [0.15, 0.2) is 0 Å². The van der Waals surface area contributed by atoms with E-state index in [0.29, 0.717) is 18.4 Å². The lowest BCUT2D eigenvalue weighted by molar-refractivity contribution is 0.0763. The molecular weight excluding hydrogens is 520 g/mol. The zero-order valence-corrected chi connectivity index (χ0v) is 22.7. The molecule has 198 valence electrons. The minimum absolute atomic E-state index is 0.0601. The van der Waals surface area contributed by atoms with Gasteiger partial charge in [0.05, 0.1) is 5.02 Å². The fourth-order valence-electron chi connectivity index (χ4n) is 6.37. The second kappa shape index (κ2) is 9.98. The standard InChI is InChI=1S/C29H31ClN4O3S/c30-25-6-1-2-7-27(25)38(36,37)32-26-9-8-22-23(26)4-3-5-24(22)28(35)34-19-14-29(20-34)12-17-33(18-13-29)21-10-15-31-16-11-21/h1-7,10-11,15-16,26,32H,8-9,12-14,17-20H2. The van der Waals surface area contributed by atoms with Gasteiger partial charge in [-0.05, 0) is 79.0 Å². The van der Waals surface area contributed by atoms with Crippen molar-refractivity contribution in [3.8, 4) is 0 Å². The first-order valence-electron chi connectivity index (χ1n) is 13.2. The maximum atomic E-state index is 13.7. The zero-order valence-electron chi connectivity index (χ0n) is 21.1. The quantitative estimate of drug-likeness (QED) is 0.492. The van der Waals surface area contributed by atoms with Crippen LogP contribution in [0.1, 0.15) is 53.2 Å². The molecule has 1 atom stereocenters. The maximum absolute atomic E-state index is 13.7. The molecule has 9 heteroatoms. The first kappa shape index (κ1) is 25.3. The Labute approximate surface area is 228 Å². The summed E-state index contributed by atoms with van der Waals surface area (Å²) >= 11 is 6.16. The van der Waals surface area contributed by atoms with Gasteiger partial charge in [0.2, 0.25) is 10.0 Å². The molecule has 2 aliphatic heterocycles. The molecule has 38 heavy (non-hydrogen) atoms. The van der Waals surface area contributed by atoms with Crippen LogP contribution < -0.4 is 9.62 Å². The molecular formula is C29H31ClN4O3S. The van der Waals surface area contributed by atoms with Crippen molar-refractivity contribution in [3.63, 3.8) is 0 Å². The van der Waals surface area contributed by atoms with Crippen molar-refractivity contribution in [2.45, 2.75) is 43.0 Å². The molecule has 0 saturated carbocycles. The average Bonchev–Trinajstić information content (AvgIpc) is 3.53. The predicted octanol–water partition coefficient (Wildman–Crippen LogP) is 4.83. The highest BCUT2D eigenvalue weighted by molar-refractivity contribution is 7.89. The van der Waals surface area contributed by atoms with Gasteiger partial charge >= 0.3 is 0 Å². The number of carbonyl (C=O) groups excluding carboxylic acids is 1. The fourth-order valence-corrected chi connectivity index (χ4v) is 8.14. The Morgan fingerprint density at radius 2 is 1.71 bits per heavy atom. The number of nitrogens with one attached hydrogen (secondary N) is 1. The number of sulfonamides is 1. The summed E-state index contributed by atoms with van der Waals surface area (Å²) in [5.41, 5.74) is 3.92. The van der Waals surface area contributed by atoms with Crippen molar-refractivity contribution in [3.05, 3.63) is 88.7 Å². The van der Waals surface area contributed by atoms with Crippen molar-refractivity contribution in [1.29, 1.82) is 0 Å². The number of pyridine rings is 1. The van der Waals surface area contributed by atoms with Gasteiger partial charge in [0.1, 0.15) is 4.90 Å². The summed E-state index contributed by atoms with van der Waals surface area (Å²) < 4.78 is 28.9. The number of anilines is 1. The number of halogens is 1. The van der Waals surface area contributed by atoms with Gasteiger partial charge < -0.3 is 9.80 Å². The van der Waals surface area contributed by atoms with E-state index in [-0.39, 0.29) is 27.3 Å². The van der Waals surface area contributed by atoms with Gasteiger partial charge in [0, 0.05) is 55.9 Å². The molecule has 1 aromatic heterocycles. The van der Waals surface area contributed by atoms with E-state index >= 15 is 0 Å². The van der Waals surface area contributed by atoms with Gasteiger partial charge in [-0.15, -0.1) is 0 Å². The summed E-state index contributed by atoms with van der Waals surface area (Å²) in [6.07, 6.45) is 8.10. The van der Waals surface area contributed by atoms with Gasteiger partial charge in [-0.2, -0.15) is 0 Å². The number of benzene rings is 2. The third kappa shape index (κ3) is 4.70. The number of hydrogen-bond acceptors (Lipinski definition) is 5.